The van der Waals surface area contributed by atoms with E-state index in [0.29, 0.717) is 6.07 Å². The predicted octanol–water partition coefficient (Wildman–Crippen LogP) is 0.170. The van der Waals surface area contributed by atoms with Crippen molar-refractivity contribution in [3.63, 3.8) is 0 Å². The molecular weight excluding hydrogens is 282 g/mol. The fraction of sp³-hybridized carbons (Fsp3) is 0.250. The van der Waals surface area contributed by atoms with E-state index in [0.717, 1.165) is 12.1 Å². The topological polar surface area (TPSA) is 156 Å². The first-order valence-corrected chi connectivity index (χ1v) is 6.39. The second kappa shape index (κ2) is 5.58. The predicted molar refractivity (Wildman–Crippen MR) is 63.2 cm³/mol. The number of nitrogens with two attached hydrogens (primary N) is 1. The first kappa shape index (κ1) is 14.8. The number of rotatable bonds is 6. The van der Waals surface area contributed by atoms with Crippen LogP contribution < -0.4 is 9.92 Å². The number of nitro groups is 2. The highest BCUT2D eigenvalue weighted by Gasteiger charge is 2.24. The minimum atomic E-state index is -4.07. The van der Waals surface area contributed by atoms with Gasteiger partial charge in [0.25, 0.3) is 5.69 Å². The zero-order chi connectivity index (χ0) is 14.6. The summed E-state index contributed by atoms with van der Waals surface area (Å²) in [4.78, 5) is 19.4. The van der Waals surface area contributed by atoms with E-state index < -0.39 is 42.8 Å². The summed E-state index contributed by atoms with van der Waals surface area (Å²) < 4.78 is 27.2. The van der Waals surface area contributed by atoms with Crippen LogP contribution in [0.1, 0.15) is 0 Å². The summed E-state index contributed by atoms with van der Waals surface area (Å²) in [5, 5.41) is 21.2. The van der Waals surface area contributed by atoms with Crippen molar-refractivity contribution < 1.29 is 22.4 Å². The summed E-state index contributed by atoms with van der Waals surface area (Å²) in [6, 6.07) is 2.37. The molecule has 1 aromatic rings. The van der Waals surface area contributed by atoms with E-state index >= 15 is 0 Å². The third-order valence-corrected chi connectivity index (χ3v) is 3.10. The molecule has 0 radical (unpaired) electrons. The summed E-state index contributed by atoms with van der Waals surface area (Å²) in [6.45, 7) is -0.219. The second-order valence-corrected chi connectivity index (χ2v) is 4.99. The van der Waals surface area contributed by atoms with Crippen LogP contribution in [0.25, 0.3) is 0 Å². The summed E-state index contributed by atoms with van der Waals surface area (Å²) in [7, 11) is -4.07. The molecule has 1 aromatic carbocycles. The smallest absolute Gasteiger partial charge is 0.319 e. The normalized spacial score (nSPS) is 11.0. The molecule has 0 fully saturated rings. The molecule has 0 aliphatic carbocycles. The maximum Gasteiger partial charge on any atom is 0.319 e. The minimum absolute atomic E-state index is 0.219. The lowest BCUT2D eigenvalue weighted by Gasteiger charge is -2.06. The van der Waals surface area contributed by atoms with Gasteiger partial charge in [-0.15, -0.1) is 0 Å². The largest absolute Gasteiger partial charge is 0.375 e. The van der Waals surface area contributed by atoms with Gasteiger partial charge in [0.1, 0.15) is 0 Å². The first-order chi connectivity index (χ1) is 8.76. The summed E-state index contributed by atoms with van der Waals surface area (Å²) in [5.41, 5.74) is 3.69. The summed E-state index contributed by atoms with van der Waals surface area (Å²) >= 11 is 0. The van der Waals surface area contributed by atoms with E-state index in [-0.39, 0.29) is 6.54 Å². The van der Waals surface area contributed by atoms with Crippen LogP contribution in [0.3, 0.4) is 0 Å². The summed E-state index contributed by atoms with van der Waals surface area (Å²) in [6.07, 6.45) is 0. The fourth-order valence-electron chi connectivity index (χ4n) is 1.16. The molecule has 0 amide bonds. The van der Waals surface area contributed by atoms with Gasteiger partial charge < -0.3 is 9.92 Å². The monoisotopic (exact) mass is 291 g/mol. The third kappa shape index (κ3) is 3.86. The molecular formula is C8H9N3O7S. The average Bonchev–Trinajstić information content (AvgIpc) is 2.27. The van der Waals surface area contributed by atoms with Gasteiger partial charge in [0.2, 0.25) is 5.75 Å². The SMILES string of the molecule is NCCS(=O)(=O)Oc1ccc([N+](=O)[O-])cc1[N+](=O)[O-]. The first-order valence-electron chi connectivity index (χ1n) is 4.82. The lowest BCUT2D eigenvalue weighted by atomic mass is 10.2. The molecule has 10 nitrogen and oxygen atoms in total. The Morgan fingerprint density at radius 3 is 2.32 bits per heavy atom. The van der Waals surface area contributed by atoms with Crippen molar-refractivity contribution >= 4 is 21.5 Å². The Bertz CT molecular complexity index is 613. The maximum absolute atomic E-state index is 11.3. The van der Waals surface area contributed by atoms with Gasteiger partial charge in [0.05, 0.1) is 21.7 Å². The molecule has 0 saturated heterocycles. The number of benzene rings is 1. The van der Waals surface area contributed by atoms with E-state index in [2.05, 4.69) is 4.18 Å². The van der Waals surface area contributed by atoms with Gasteiger partial charge in [0, 0.05) is 12.6 Å². The molecule has 0 atom stereocenters. The van der Waals surface area contributed by atoms with Gasteiger partial charge in [0.15, 0.2) is 0 Å². The molecule has 11 heteroatoms. The average molecular weight is 291 g/mol. The number of hydrogen-bond donors (Lipinski definition) is 1. The van der Waals surface area contributed by atoms with Crippen molar-refractivity contribution in [3.8, 4) is 5.75 Å². The van der Waals surface area contributed by atoms with Crippen LogP contribution in [0, 0.1) is 20.2 Å². The molecule has 0 aliphatic rings. The van der Waals surface area contributed by atoms with Crippen molar-refractivity contribution in [1.82, 2.24) is 0 Å². The quantitative estimate of drug-likeness (QED) is 0.441. The van der Waals surface area contributed by atoms with Crippen molar-refractivity contribution in [1.29, 1.82) is 0 Å². The van der Waals surface area contributed by atoms with Gasteiger partial charge in [-0.25, -0.2) is 0 Å². The molecule has 0 aromatic heterocycles. The standard InChI is InChI=1S/C8H9N3O7S/c9-3-4-19(16,17)18-8-2-1-6(10(12)13)5-7(8)11(14)15/h1-2,5H,3-4,9H2. The lowest BCUT2D eigenvalue weighted by Crippen LogP contribution is -2.20. The van der Waals surface area contributed by atoms with Crippen LogP contribution in [0.5, 0.6) is 5.75 Å². The molecule has 2 N–H and O–H groups in total. The van der Waals surface area contributed by atoms with E-state index in [9.17, 15) is 28.6 Å². The number of nitrogens with zero attached hydrogens (tertiary/aromatic N) is 2. The van der Waals surface area contributed by atoms with Gasteiger partial charge in [-0.2, -0.15) is 8.42 Å². The van der Waals surface area contributed by atoms with Crippen LogP contribution in [0.15, 0.2) is 18.2 Å². The Hall–Kier alpha value is -2.27. The minimum Gasteiger partial charge on any atom is -0.375 e. The molecule has 104 valence electrons. The zero-order valence-corrected chi connectivity index (χ0v) is 10.2. The Labute approximate surface area is 107 Å². The Balaban J connectivity index is 3.21. The van der Waals surface area contributed by atoms with Gasteiger partial charge in [-0.1, -0.05) is 0 Å². The molecule has 0 heterocycles. The highest BCUT2D eigenvalue weighted by molar-refractivity contribution is 7.87. The van der Waals surface area contributed by atoms with Crippen LogP contribution in [0.2, 0.25) is 0 Å². The highest BCUT2D eigenvalue weighted by Crippen LogP contribution is 2.31. The van der Waals surface area contributed by atoms with Crippen molar-refractivity contribution in [2.45, 2.75) is 0 Å². The van der Waals surface area contributed by atoms with E-state index in [1.807, 2.05) is 0 Å². The lowest BCUT2D eigenvalue weighted by molar-refractivity contribution is -0.394. The highest BCUT2D eigenvalue weighted by atomic mass is 32.2. The van der Waals surface area contributed by atoms with Crippen LogP contribution in [-0.2, 0) is 10.1 Å². The molecule has 0 aliphatic heterocycles. The van der Waals surface area contributed by atoms with Crippen molar-refractivity contribution in [3.05, 3.63) is 38.4 Å². The molecule has 19 heavy (non-hydrogen) atoms. The van der Waals surface area contributed by atoms with E-state index in [1.165, 1.54) is 0 Å². The Kier molecular flexibility index (Phi) is 4.34. The van der Waals surface area contributed by atoms with Crippen molar-refractivity contribution in [2.75, 3.05) is 12.3 Å². The number of hydrogen-bond acceptors (Lipinski definition) is 8. The van der Waals surface area contributed by atoms with Crippen LogP contribution in [0.4, 0.5) is 11.4 Å². The van der Waals surface area contributed by atoms with E-state index in [4.69, 9.17) is 5.73 Å². The number of non-ortho nitro benzene ring substituents is 1. The van der Waals surface area contributed by atoms with Crippen molar-refractivity contribution in [2.24, 2.45) is 5.73 Å². The van der Waals surface area contributed by atoms with Crippen LogP contribution >= 0.6 is 0 Å². The zero-order valence-electron chi connectivity index (χ0n) is 9.38. The third-order valence-electron chi connectivity index (χ3n) is 1.93. The van der Waals surface area contributed by atoms with Gasteiger partial charge in [-0.05, 0) is 6.07 Å². The number of nitro benzene ring substituents is 2. The second-order valence-electron chi connectivity index (χ2n) is 3.30. The fourth-order valence-corrected chi connectivity index (χ4v) is 1.94. The Morgan fingerprint density at radius 2 is 1.84 bits per heavy atom. The maximum atomic E-state index is 11.3. The van der Waals surface area contributed by atoms with E-state index in [1.54, 1.807) is 0 Å². The van der Waals surface area contributed by atoms with Crippen LogP contribution in [-0.4, -0.2) is 30.6 Å². The molecule has 0 spiro atoms. The summed E-state index contributed by atoms with van der Waals surface area (Å²) in [5.74, 6) is -1.12. The molecule has 1 rings (SSSR count). The Morgan fingerprint density at radius 1 is 1.21 bits per heavy atom. The molecule has 0 bridgehead atoms. The van der Waals surface area contributed by atoms with Gasteiger partial charge >= 0.3 is 15.8 Å². The molecule has 0 saturated carbocycles. The van der Waals surface area contributed by atoms with Gasteiger partial charge in [-0.3, -0.25) is 20.2 Å². The molecule has 0 unspecified atom stereocenters.